The molecule has 0 aliphatic carbocycles. The van der Waals surface area contributed by atoms with E-state index in [1.165, 1.54) is 24.3 Å². The Balaban J connectivity index is 2.78. The molecule has 0 amide bonds. The van der Waals surface area contributed by atoms with Crippen LogP contribution in [0.1, 0.15) is 30.9 Å². The van der Waals surface area contributed by atoms with Gasteiger partial charge in [-0.05, 0) is 24.1 Å². The number of carbonyl (C=O) groups is 1. The Morgan fingerprint density at radius 1 is 1.40 bits per heavy atom. The van der Waals surface area contributed by atoms with E-state index in [0.717, 1.165) is 0 Å². The lowest BCUT2D eigenvalue weighted by molar-refractivity contribution is -0.139. The zero-order chi connectivity index (χ0) is 15.2. The van der Waals surface area contributed by atoms with Crippen molar-refractivity contribution in [3.8, 4) is 6.07 Å². The van der Waals surface area contributed by atoms with E-state index in [9.17, 15) is 13.2 Å². The van der Waals surface area contributed by atoms with Gasteiger partial charge in [0.25, 0.3) is 0 Å². The first kappa shape index (κ1) is 16.1. The summed E-state index contributed by atoms with van der Waals surface area (Å²) in [5, 5.41) is 17.6. The first-order valence-corrected chi connectivity index (χ1v) is 7.75. The third kappa shape index (κ3) is 4.99. The molecule has 1 aromatic rings. The lowest BCUT2D eigenvalue weighted by atomic mass is 10.2. The van der Waals surface area contributed by atoms with Gasteiger partial charge in [-0.25, -0.2) is 13.1 Å². The largest absolute Gasteiger partial charge is 0.480 e. The fourth-order valence-corrected chi connectivity index (χ4v) is 3.04. The fourth-order valence-electron chi connectivity index (χ4n) is 1.67. The SMILES string of the molecule is CCC[C@@H](NS(=O)(=O)Cc1ccc(C#N)cc1)C(=O)O. The van der Waals surface area contributed by atoms with Gasteiger partial charge in [0.2, 0.25) is 10.0 Å². The third-order valence-corrected chi connectivity index (χ3v) is 3.99. The van der Waals surface area contributed by atoms with E-state index < -0.39 is 22.0 Å². The van der Waals surface area contributed by atoms with Crippen molar-refractivity contribution in [2.75, 3.05) is 0 Å². The van der Waals surface area contributed by atoms with Crippen molar-refractivity contribution in [2.24, 2.45) is 0 Å². The van der Waals surface area contributed by atoms with E-state index in [2.05, 4.69) is 4.72 Å². The van der Waals surface area contributed by atoms with Gasteiger partial charge < -0.3 is 5.11 Å². The normalized spacial score (nSPS) is 12.6. The van der Waals surface area contributed by atoms with Crippen LogP contribution in [0.3, 0.4) is 0 Å². The van der Waals surface area contributed by atoms with Crippen molar-refractivity contribution in [3.05, 3.63) is 35.4 Å². The zero-order valence-corrected chi connectivity index (χ0v) is 11.9. The van der Waals surface area contributed by atoms with E-state index in [4.69, 9.17) is 10.4 Å². The molecule has 0 aliphatic heterocycles. The van der Waals surface area contributed by atoms with Crippen molar-refractivity contribution >= 4 is 16.0 Å². The van der Waals surface area contributed by atoms with Crippen LogP contribution in [0.4, 0.5) is 0 Å². The predicted octanol–water partition coefficient (Wildman–Crippen LogP) is 1.23. The van der Waals surface area contributed by atoms with Crippen molar-refractivity contribution < 1.29 is 18.3 Å². The van der Waals surface area contributed by atoms with Gasteiger partial charge in [-0.1, -0.05) is 25.5 Å². The molecule has 0 bridgehead atoms. The molecule has 0 fully saturated rings. The van der Waals surface area contributed by atoms with Crippen molar-refractivity contribution in [3.63, 3.8) is 0 Å². The van der Waals surface area contributed by atoms with Gasteiger partial charge >= 0.3 is 5.97 Å². The number of hydrogen-bond donors (Lipinski definition) is 2. The molecule has 0 unspecified atom stereocenters. The first-order chi connectivity index (χ1) is 9.38. The fraction of sp³-hybridized carbons (Fsp3) is 0.385. The van der Waals surface area contributed by atoms with Crippen LogP contribution in [0.15, 0.2) is 24.3 Å². The summed E-state index contributed by atoms with van der Waals surface area (Å²) in [6.07, 6.45) is 0.804. The number of carboxylic acids is 1. The smallest absolute Gasteiger partial charge is 0.321 e. The maximum absolute atomic E-state index is 11.9. The van der Waals surface area contributed by atoms with Gasteiger partial charge in [-0.15, -0.1) is 0 Å². The van der Waals surface area contributed by atoms with Gasteiger partial charge in [0.05, 0.1) is 17.4 Å². The Hall–Kier alpha value is -1.91. The average molecular weight is 296 g/mol. The number of nitrogens with zero attached hydrogens (tertiary/aromatic N) is 1. The topological polar surface area (TPSA) is 107 Å². The van der Waals surface area contributed by atoms with Crippen molar-refractivity contribution in [1.82, 2.24) is 4.72 Å². The number of sulfonamides is 1. The molecular weight excluding hydrogens is 280 g/mol. The maximum atomic E-state index is 11.9. The molecule has 0 saturated heterocycles. The summed E-state index contributed by atoms with van der Waals surface area (Å²) in [6.45, 7) is 1.78. The lowest BCUT2D eigenvalue weighted by Gasteiger charge is -2.13. The summed E-state index contributed by atoms with van der Waals surface area (Å²) in [4.78, 5) is 10.9. The van der Waals surface area contributed by atoms with Crippen LogP contribution in [0, 0.1) is 11.3 Å². The molecule has 7 heteroatoms. The van der Waals surface area contributed by atoms with Crippen molar-refractivity contribution in [1.29, 1.82) is 5.26 Å². The molecule has 6 nitrogen and oxygen atoms in total. The monoisotopic (exact) mass is 296 g/mol. The molecule has 1 rings (SSSR count). The maximum Gasteiger partial charge on any atom is 0.321 e. The number of hydrogen-bond acceptors (Lipinski definition) is 4. The number of nitrogens with one attached hydrogen (secondary N) is 1. The Morgan fingerprint density at radius 3 is 2.45 bits per heavy atom. The third-order valence-electron chi connectivity index (χ3n) is 2.64. The zero-order valence-electron chi connectivity index (χ0n) is 11.0. The van der Waals surface area contributed by atoms with E-state index >= 15 is 0 Å². The van der Waals surface area contributed by atoms with Crippen LogP contribution in [0.5, 0.6) is 0 Å². The van der Waals surface area contributed by atoms with Crippen LogP contribution in [-0.2, 0) is 20.6 Å². The summed E-state index contributed by atoms with van der Waals surface area (Å²) < 4.78 is 26.0. The van der Waals surface area contributed by atoms with Crippen molar-refractivity contribution in [2.45, 2.75) is 31.6 Å². The number of rotatable bonds is 7. The van der Waals surface area contributed by atoms with Gasteiger partial charge in [0.15, 0.2) is 0 Å². The molecular formula is C13H16N2O4S. The lowest BCUT2D eigenvalue weighted by Crippen LogP contribution is -2.41. The molecule has 0 heterocycles. The Kier molecular flexibility index (Phi) is 5.67. The molecule has 0 aromatic heterocycles. The Morgan fingerprint density at radius 2 is 2.00 bits per heavy atom. The van der Waals surface area contributed by atoms with Gasteiger partial charge in [0.1, 0.15) is 6.04 Å². The molecule has 0 radical (unpaired) electrons. The standard InChI is InChI=1S/C13H16N2O4S/c1-2-3-12(13(16)17)15-20(18,19)9-11-6-4-10(8-14)5-7-11/h4-7,12,15H,2-3,9H2,1H3,(H,16,17)/t12-/m1/s1. The van der Waals surface area contributed by atoms with Crippen LogP contribution >= 0.6 is 0 Å². The minimum atomic E-state index is -3.73. The van der Waals surface area contributed by atoms with Crippen LogP contribution in [0.2, 0.25) is 0 Å². The second kappa shape index (κ2) is 7.03. The van der Waals surface area contributed by atoms with E-state index in [-0.39, 0.29) is 12.2 Å². The summed E-state index contributed by atoms with van der Waals surface area (Å²) in [5.74, 6) is -1.50. The van der Waals surface area contributed by atoms with Gasteiger partial charge in [-0.3, -0.25) is 4.79 Å². The van der Waals surface area contributed by atoms with E-state index in [0.29, 0.717) is 17.5 Å². The van der Waals surface area contributed by atoms with Gasteiger partial charge in [-0.2, -0.15) is 5.26 Å². The second-order valence-corrected chi connectivity index (χ2v) is 6.12. The molecule has 0 aliphatic rings. The van der Waals surface area contributed by atoms with Crippen LogP contribution in [-0.4, -0.2) is 25.5 Å². The number of benzene rings is 1. The highest BCUT2D eigenvalue weighted by atomic mass is 32.2. The quantitative estimate of drug-likeness (QED) is 0.787. The Labute approximate surface area is 118 Å². The second-order valence-electron chi connectivity index (χ2n) is 4.37. The highest BCUT2D eigenvalue weighted by Gasteiger charge is 2.23. The highest BCUT2D eigenvalue weighted by Crippen LogP contribution is 2.09. The average Bonchev–Trinajstić information content (AvgIpc) is 2.38. The molecule has 20 heavy (non-hydrogen) atoms. The van der Waals surface area contributed by atoms with E-state index in [1.807, 2.05) is 6.07 Å². The number of nitriles is 1. The number of aliphatic carboxylic acids is 1. The minimum absolute atomic E-state index is 0.238. The number of carboxylic acid groups (broad SMARTS) is 1. The summed E-state index contributed by atoms with van der Waals surface area (Å²) in [6, 6.07) is 6.94. The molecule has 0 saturated carbocycles. The molecule has 1 aromatic carbocycles. The highest BCUT2D eigenvalue weighted by molar-refractivity contribution is 7.88. The summed E-state index contributed by atoms with van der Waals surface area (Å²) >= 11 is 0. The molecule has 1 atom stereocenters. The van der Waals surface area contributed by atoms with Crippen LogP contribution in [0.25, 0.3) is 0 Å². The Bertz CT molecular complexity index is 602. The first-order valence-electron chi connectivity index (χ1n) is 6.10. The minimum Gasteiger partial charge on any atom is -0.480 e. The molecule has 108 valence electrons. The molecule has 0 spiro atoms. The summed E-state index contributed by atoms with van der Waals surface area (Å²) in [5.41, 5.74) is 0.936. The van der Waals surface area contributed by atoms with E-state index in [1.54, 1.807) is 6.92 Å². The predicted molar refractivity (Wildman–Crippen MR) is 73.2 cm³/mol. The molecule has 2 N–H and O–H groups in total. The van der Waals surface area contributed by atoms with Crippen LogP contribution < -0.4 is 4.72 Å². The van der Waals surface area contributed by atoms with Gasteiger partial charge in [0, 0.05) is 0 Å². The summed E-state index contributed by atoms with van der Waals surface area (Å²) in [7, 11) is -3.73.